The molecule has 1 fully saturated rings. The maximum absolute atomic E-state index is 12.3. The van der Waals surface area contributed by atoms with Crippen LogP contribution in [0.3, 0.4) is 0 Å². The van der Waals surface area contributed by atoms with E-state index in [0.29, 0.717) is 4.90 Å². The van der Waals surface area contributed by atoms with Crippen LogP contribution in [-0.2, 0) is 33.3 Å². The van der Waals surface area contributed by atoms with Crippen molar-refractivity contribution in [2.75, 3.05) is 6.61 Å². The second-order valence-corrected chi connectivity index (χ2v) is 7.50. The van der Waals surface area contributed by atoms with Gasteiger partial charge < -0.3 is 29.4 Å². The average molecular weight is 467 g/mol. The topological polar surface area (TPSA) is 123 Å². The van der Waals surface area contributed by atoms with Gasteiger partial charge >= 0.3 is 18.3 Å². The zero-order valence-corrected chi connectivity index (χ0v) is 17.2. The summed E-state index contributed by atoms with van der Waals surface area (Å²) in [4.78, 5) is 34.1. The first-order chi connectivity index (χ1) is 14.5. The molecule has 5 unspecified atom stereocenters. The fourth-order valence-corrected chi connectivity index (χ4v) is 3.93. The number of nitrogens with two attached hydrogens (primary N) is 1. The zero-order valence-electron chi connectivity index (χ0n) is 16.4. The summed E-state index contributed by atoms with van der Waals surface area (Å²) in [6.45, 7) is 2.19. The van der Waals surface area contributed by atoms with E-state index in [1.165, 1.54) is 19.1 Å². The highest BCUT2D eigenvalue weighted by molar-refractivity contribution is 7.99. The van der Waals surface area contributed by atoms with Gasteiger partial charge in [-0.25, -0.2) is 0 Å². The molecule has 0 amide bonds. The third-order valence-corrected chi connectivity index (χ3v) is 5.13. The Morgan fingerprint density at radius 2 is 1.81 bits per heavy atom. The summed E-state index contributed by atoms with van der Waals surface area (Å²) in [5.41, 5.74) is 5.21. The third kappa shape index (κ3) is 7.60. The Hall–Kier alpha value is -2.51. The molecule has 13 heteroatoms. The lowest BCUT2D eigenvalue weighted by Crippen LogP contribution is -2.63. The van der Waals surface area contributed by atoms with E-state index in [-0.39, 0.29) is 13.1 Å². The molecule has 0 aliphatic carbocycles. The molecule has 1 heterocycles. The SMILES string of the molecule is CC(=O)OCC1OC(Sc2ccc(OC(F)(F)F)cc2)C(OC=O)C(N)C1OC(C)=O. The number of ether oxygens (including phenoxy) is 5. The first kappa shape index (κ1) is 24.8. The van der Waals surface area contributed by atoms with Crippen LogP contribution in [0.4, 0.5) is 13.2 Å². The molecule has 172 valence electrons. The van der Waals surface area contributed by atoms with Crippen molar-refractivity contribution in [3.63, 3.8) is 0 Å². The van der Waals surface area contributed by atoms with Gasteiger partial charge in [0.05, 0.1) is 6.04 Å². The molecule has 2 rings (SSSR count). The molecule has 0 bridgehead atoms. The van der Waals surface area contributed by atoms with Crippen LogP contribution in [0.2, 0.25) is 0 Å². The maximum atomic E-state index is 12.3. The van der Waals surface area contributed by atoms with E-state index in [1.807, 2.05) is 0 Å². The predicted molar refractivity (Wildman–Crippen MR) is 98.7 cm³/mol. The van der Waals surface area contributed by atoms with E-state index in [1.54, 1.807) is 0 Å². The molecule has 9 nitrogen and oxygen atoms in total. The summed E-state index contributed by atoms with van der Waals surface area (Å²) in [7, 11) is 0. The van der Waals surface area contributed by atoms with Crippen molar-refractivity contribution in [3.8, 4) is 5.75 Å². The van der Waals surface area contributed by atoms with E-state index in [0.717, 1.165) is 30.8 Å². The Morgan fingerprint density at radius 3 is 2.32 bits per heavy atom. The molecule has 0 spiro atoms. The van der Waals surface area contributed by atoms with Gasteiger partial charge in [-0.05, 0) is 24.3 Å². The minimum atomic E-state index is -4.83. The van der Waals surface area contributed by atoms with Crippen molar-refractivity contribution >= 4 is 30.2 Å². The quantitative estimate of drug-likeness (QED) is 0.344. The fraction of sp³-hybridized carbons (Fsp3) is 0.500. The van der Waals surface area contributed by atoms with Gasteiger partial charge in [0.15, 0.2) is 6.10 Å². The number of carbonyl (C=O) groups excluding carboxylic acids is 3. The van der Waals surface area contributed by atoms with Crippen LogP contribution < -0.4 is 10.5 Å². The summed E-state index contributed by atoms with van der Waals surface area (Å²) in [5, 5.41) is 0. The number of esters is 2. The molecule has 5 atom stereocenters. The standard InChI is InChI=1S/C18H20F3NO8S/c1-9(24)26-7-13-15(28-10(2)25)14(22)16(27-8-23)17(29-13)31-12-5-3-11(4-6-12)30-18(19,20)21/h3-6,8,13-17H,7,22H2,1-2H3. The molecule has 1 aliphatic heterocycles. The molecule has 0 aromatic heterocycles. The summed E-state index contributed by atoms with van der Waals surface area (Å²) in [5.74, 6) is -1.69. The van der Waals surface area contributed by atoms with Crippen LogP contribution in [0, 0.1) is 0 Å². The summed E-state index contributed by atoms with van der Waals surface area (Å²) in [6, 6.07) is 3.86. The first-order valence-corrected chi connectivity index (χ1v) is 9.71. The predicted octanol–water partition coefficient (Wildman–Crippen LogP) is 1.77. The van der Waals surface area contributed by atoms with Gasteiger partial charge in [0.25, 0.3) is 6.47 Å². The highest BCUT2D eigenvalue weighted by Gasteiger charge is 2.48. The lowest BCUT2D eigenvalue weighted by Gasteiger charge is -2.43. The third-order valence-electron chi connectivity index (χ3n) is 3.98. The number of halogens is 3. The van der Waals surface area contributed by atoms with Gasteiger partial charge in [-0.15, -0.1) is 13.2 Å². The van der Waals surface area contributed by atoms with Gasteiger partial charge in [0, 0.05) is 18.7 Å². The minimum Gasteiger partial charge on any atom is -0.463 e. The highest BCUT2D eigenvalue weighted by Crippen LogP contribution is 2.36. The Labute approximate surface area is 179 Å². The van der Waals surface area contributed by atoms with E-state index >= 15 is 0 Å². The molecule has 1 aromatic carbocycles. The highest BCUT2D eigenvalue weighted by atomic mass is 32.2. The van der Waals surface area contributed by atoms with Gasteiger partial charge in [0.1, 0.15) is 30.0 Å². The molecular weight excluding hydrogens is 447 g/mol. The molecule has 1 aromatic rings. The number of alkyl halides is 3. The van der Waals surface area contributed by atoms with Gasteiger partial charge in [-0.2, -0.15) is 0 Å². The van der Waals surface area contributed by atoms with E-state index < -0.39 is 53.8 Å². The van der Waals surface area contributed by atoms with E-state index in [4.69, 9.17) is 24.7 Å². The summed E-state index contributed by atoms with van der Waals surface area (Å²) in [6.07, 6.45) is -7.96. The van der Waals surface area contributed by atoms with Crippen molar-refractivity contribution in [1.82, 2.24) is 0 Å². The normalized spacial score (nSPS) is 25.9. The second kappa shape index (κ2) is 10.7. The Bertz CT molecular complexity index is 776. The van der Waals surface area contributed by atoms with E-state index in [2.05, 4.69) is 4.74 Å². The average Bonchev–Trinajstić information content (AvgIpc) is 2.65. The van der Waals surface area contributed by atoms with Gasteiger partial charge in [0.2, 0.25) is 0 Å². The van der Waals surface area contributed by atoms with Gasteiger partial charge in [-0.3, -0.25) is 14.4 Å². The van der Waals surface area contributed by atoms with Crippen molar-refractivity contribution in [2.24, 2.45) is 5.73 Å². The van der Waals surface area contributed by atoms with Crippen molar-refractivity contribution in [1.29, 1.82) is 0 Å². The minimum absolute atomic E-state index is 0.152. The molecule has 31 heavy (non-hydrogen) atoms. The number of hydrogen-bond acceptors (Lipinski definition) is 10. The van der Waals surface area contributed by atoms with Crippen LogP contribution in [0.25, 0.3) is 0 Å². The van der Waals surface area contributed by atoms with Crippen LogP contribution in [0.15, 0.2) is 29.2 Å². The molecule has 2 N–H and O–H groups in total. The van der Waals surface area contributed by atoms with Crippen molar-refractivity contribution < 1.29 is 51.2 Å². The summed E-state index contributed by atoms with van der Waals surface area (Å²) >= 11 is 0.998. The van der Waals surface area contributed by atoms with Crippen LogP contribution in [0.5, 0.6) is 5.75 Å². The zero-order chi connectivity index (χ0) is 23.2. The number of carbonyl (C=O) groups is 3. The summed E-state index contributed by atoms with van der Waals surface area (Å²) < 4.78 is 61.7. The van der Waals surface area contributed by atoms with Crippen LogP contribution >= 0.6 is 11.8 Å². The van der Waals surface area contributed by atoms with Crippen molar-refractivity contribution in [2.45, 2.75) is 54.9 Å². The second-order valence-electron chi connectivity index (χ2n) is 6.33. The number of benzene rings is 1. The van der Waals surface area contributed by atoms with Gasteiger partial charge in [-0.1, -0.05) is 11.8 Å². The molecule has 0 radical (unpaired) electrons. The number of hydrogen-bond donors (Lipinski definition) is 1. The van der Waals surface area contributed by atoms with E-state index in [9.17, 15) is 27.6 Å². The maximum Gasteiger partial charge on any atom is 0.573 e. The van der Waals surface area contributed by atoms with Crippen molar-refractivity contribution in [3.05, 3.63) is 24.3 Å². The number of rotatable bonds is 8. The molecular formula is C18H20F3NO8S. The monoisotopic (exact) mass is 467 g/mol. The van der Waals surface area contributed by atoms with Crippen LogP contribution in [0.1, 0.15) is 13.8 Å². The first-order valence-electron chi connectivity index (χ1n) is 8.83. The lowest BCUT2D eigenvalue weighted by molar-refractivity contribution is -0.274. The Kier molecular flexibility index (Phi) is 8.53. The number of thioether (sulfide) groups is 1. The van der Waals surface area contributed by atoms with Crippen LogP contribution in [-0.4, -0.2) is 61.2 Å². The largest absolute Gasteiger partial charge is 0.573 e. The Balaban J connectivity index is 2.21. The molecule has 1 aliphatic rings. The molecule has 0 saturated carbocycles. The fourth-order valence-electron chi connectivity index (χ4n) is 2.79. The lowest BCUT2D eigenvalue weighted by atomic mass is 9.97. The Morgan fingerprint density at radius 1 is 1.16 bits per heavy atom. The molecule has 1 saturated heterocycles. The smallest absolute Gasteiger partial charge is 0.463 e.